The van der Waals surface area contributed by atoms with Gasteiger partial charge in [0.2, 0.25) is 5.91 Å². The van der Waals surface area contributed by atoms with Crippen LogP contribution < -0.4 is 10.2 Å². The van der Waals surface area contributed by atoms with Crippen LogP contribution in [-0.2, 0) is 11.2 Å². The van der Waals surface area contributed by atoms with Crippen molar-refractivity contribution < 1.29 is 9.90 Å². The van der Waals surface area contributed by atoms with Gasteiger partial charge in [-0.1, -0.05) is 90.7 Å². The molecule has 2 heterocycles. The van der Waals surface area contributed by atoms with Crippen LogP contribution in [0.25, 0.3) is 22.5 Å². The van der Waals surface area contributed by atoms with Crippen molar-refractivity contribution in [2.24, 2.45) is 0 Å². The largest absolute Gasteiger partial charge is 0.391 e. The topological polar surface area (TPSA) is 78.4 Å². The minimum absolute atomic E-state index is 0.0579. The lowest BCUT2D eigenvalue weighted by Gasteiger charge is -2.33. The molecule has 1 atom stereocenters. The summed E-state index contributed by atoms with van der Waals surface area (Å²) in [5.41, 5.74) is 7.88. The molecular weight excluding hydrogens is 496 g/mol. The Morgan fingerprint density at radius 2 is 1.43 bits per heavy atom. The van der Waals surface area contributed by atoms with Gasteiger partial charge in [-0.05, 0) is 38.8 Å². The highest BCUT2D eigenvalue weighted by molar-refractivity contribution is 5.90. The number of carbonyl (C=O) groups is 1. The number of rotatable bonds is 10. The van der Waals surface area contributed by atoms with Gasteiger partial charge in [-0.15, -0.1) is 0 Å². The molecular formula is C34H38N4O2. The van der Waals surface area contributed by atoms with Crippen molar-refractivity contribution >= 4 is 17.4 Å². The van der Waals surface area contributed by atoms with Crippen LogP contribution in [0.2, 0.25) is 0 Å². The molecule has 5 rings (SSSR count). The van der Waals surface area contributed by atoms with E-state index in [4.69, 9.17) is 9.97 Å². The van der Waals surface area contributed by atoms with E-state index in [1.165, 1.54) is 11.1 Å². The smallest absolute Gasteiger partial charge is 0.224 e. The lowest BCUT2D eigenvalue weighted by Crippen LogP contribution is -2.40. The molecule has 1 aliphatic heterocycles. The molecule has 0 fully saturated rings. The first-order valence-corrected chi connectivity index (χ1v) is 14.3. The van der Waals surface area contributed by atoms with Crippen molar-refractivity contribution in [3.8, 4) is 22.5 Å². The van der Waals surface area contributed by atoms with E-state index < -0.39 is 6.10 Å². The summed E-state index contributed by atoms with van der Waals surface area (Å²) in [4.78, 5) is 24.7. The highest BCUT2D eigenvalue weighted by atomic mass is 16.3. The molecule has 0 saturated heterocycles. The SMILES string of the molecule is Cc1ccc(-c2nc3c(nc2-c2ccc(C)cc2)N(CCCCCCC(=O)Nc2ccccc2)CC(O)C3)cc1. The van der Waals surface area contributed by atoms with Crippen LogP contribution in [0.3, 0.4) is 0 Å². The fraction of sp³-hybridized carbons (Fsp3) is 0.324. The van der Waals surface area contributed by atoms with Crippen LogP contribution in [0.4, 0.5) is 11.5 Å². The van der Waals surface area contributed by atoms with E-state index in [0.29, 0.717) is 19.4 Å². The number of para-hydroxylation sites is 1. The molecule has 2 N–H and O–H groups in total. The van der Waals surface area contributed by atoms with Crippen LogP contribution in [0.5, 0.6) is 0 Å². The van der Waals surface area contributed by atoms with Gasteiger partial charge in [-0.3, -0.25) is 4.79 Å². The van der Waals surface area contributed by atoms with Gasteiger partial charge >= 0.3 is 0 Å². The average Bonchev–Trinajstić information content (AvgIpc) is 2.95. The second kappa shape index (κ2) is 12.9. The Hall–Kier alpha value is -4.03. The van der Waals surface area contributed by atoms with Crippen molar-refractivity contribution in [3.05, 3.63) is 95.7 Å². The van der Waals surface area contributed by atoms with Crippen LogP contribution in [-0.4, -0.2) is 40.2 Å². The Labute approximate surface area is 237 Å². The first-order valence-electron chi connectivity index (χ1n) is 14.3. The highest BCUT2D eigenvalue weighted by Gasteiger charge is 2.28. The molecule has 3 aromatic carbocycles. The number of hydrogen-bond donors (Lipinski definition) is 2. The summed E-state index contributed by atoms with van der Waals surface area (Å²) in [7, 11) is 0. The molecule has 206 valence electrons. The standard InChI is InChI=1S/C34H38N4O2/c1-24-13-17-26(18-14-24)32-33(27-19-15-25(2)16-20-27)37-34-30(36-32)22-29(39)23-38(34)21-9-4-3-8-12-31(40)35-28-10-6-5-7-11-28/h5-7,10-11,13-20,29,39H,3-4,8-9,12,21-23H2,1-2H3,(H,35,40). The van der Waals surface area contributed by atoms with Crippen molar-refractivity contribution in [3.63, 3.8) is 0 Å². The number of aromatic nitrogens is 2. The van der Waals surface area contributed by atoms with Crippen LogP contribution >= 0.6 is 0 Å². The number of anilines is 2. The normalized spacial score (nSPS) is 14.6. The number of β-amino-alcohol motifs (C(OH)–C–C–N with tert-alkyl or cyclic N) is 1. The highest BCUT2D eigenvalue weighted by Crippen LogP contribution is 2.35. The van der Waals surface area contributed by atoms with Crippen molar-refractivity contribution in [2.45, 2.75) is 58.5 Å². The van der Waals surface area contributed by atoms with Crippen molar-refractivity contribution in [2.75, 3.05) is 23.3 Å². The van der Waals surface area contributed by atoms with Gasteiger partial charge in [0, 0.05) is 42.7 Å². The predicted molar refractivity (Wildman–Crippen MR) is 162 cm³/mol. The third-order valence-electron chi connectivity index (χ3n) is 7.40. The fourth-order valence-electron chi connectivity index (χ4n) is 5.19. The molecule has 0 spiro atoms. The van der Waals surface area contributed by atoms with Crippen molar-refractivity contribution in [1.82, 2.24) is 9.97 Å². The molecule has 1 aromatic heterocycles. The van der Waals surface area contributed by atoms with Gasteiger partial charge in [0.1, 0.15) is 0 Å². The monoisotopic (exact) mass is 534 g/mol. The average molecular weight is 535 g/mol. The zero-order valence-corrected chi connectivity index (χ0v) is 23.4. The Balaban J connectivity index is 1.27. The number of amides is 1. The first kappa shape index (κ1) is 27.5. The summed E-state index contributed by atoms with van der Waals surface area (Å²) in [6.45, 7) is 5.52. The summed E-state index contributed by atoms with van der Waals surface area (Å²) in [5, 5.41) is 13.7. The number of fused-ring (bicyclic) bond motifs is 1. The molecule has 6 heteroatoms. The Morgan fingerprint density at radius 1 is 0.825 bits per heavy atom. The number of hydrogen-bond acceptors (Lipinski definition) is 5. The summed E-state index contributed by atoms with van der Waals surface area (Å²) < 4.78 is 0. The maximum Gasteiger partial charge on any atom is 0.224 e. The molecule has 1 unspecified atom stereocenters. The van der Waals surface area contributed by atoms with Crippen LogP contribution in [0.15, 0.2) is 78.9 Å². The molecule has 1 amide bonds. The summed E-state index contributed by atoms with van der Waals surface area (Å²) in [6, 6.07) is 26.4. The molecule has 0 radical (unpaired) electrons. The molecule has 0 bridgehead atoms. The molecule has 0 aliphatic carbocycles. The number of benzene rings is 3. The summed E-state index contributed by atoms with van der Waals surface area (Å²) >= 11 is 0. The van der Waals surface area contributed by atoms with E-state index in [1.807, 2.05) is 30.3 Å². The second-order valence-electron chi connectivity index (χ2n) is 10.8. The zero-order valence-electron chi connectivity index (χ0n) is 23.4. The summed E-state index contributed by atoms with van der Waals surface area (Å²) in [5.74, 6) is 0.932. The Bertz CT molecular complexity index is 1420. The van der Waals surface area contributed by atoms with Gasteiger partial charge in [-0.2, -0.15) is 0 Å². The maximum absolute atomic E-state index is 12.2. The Morgan fingerprint density at radius 3 is 2.08 bits per heavy atom. The number of unbranched alkanes of at least 4 members (excludes halogenated alkanes) is 3. The van der Waals surface area contributed by atoms with Gasteiger partial charge in [-0.25, -0.2) is 9.97 Å². The number of nitrogens with zero attached hydrogens (tertiary/aromatic N) is 3. The minimum atomic E-state index is -0.473. The minimum Gasteiger partial charge on any atom is -0.391 e. The van der Waals surface area contributed by atoms with Gasteiger partial charge in [0.15, 0.2) is 5.82 Å². The fourth-order valence-corrected chi connectivity index (χ4v) is 5.19. The molecule has 40 heavy (non-hydrogen) atoms. The second-order valence-corrected chi connectivity index (χ2v) is 10.8. The van der Waals surface area contributed by atoms with E-state index >= 15 is 0 Å². The van der Waals surface area contributed by atoms with E-state index in [2.05, 4.69) is 72.6 Å². The molecule has 4 aromatic rings. The Kier molecular flexibility index (Phi) is 8.87. The predicted octanol–water partition coefficient (Wildman–Crippen LogP) is 6.74. The third-order valence-corrected chi connectivity index (χ3v) is 7.40. The van der Waals surface area contributed by atoms with E-state index in [0.717, 1.165) is 71.9 Å². The van der Waals surface area contributed by atoms with E-state index in [-0.39, 0.29) is 5.91 Å². The lowest BCUT2D eigenvalue weighted by atomic mass is 10.00. The summed E-state index contributed by atoms with van der Waals surface area (Å²) in [6.07, 6.45) is 4.37. The number of nitrogens with one attached hydrogen (secondary N) is 1. The van der Waals surface area contributed by atoms with Gasteiger partial charge in [0.25, 0.3) is 0 Å². The first-order chi connectivity index (χ1) is 19.5. The van der Waals surface area contributed by atoms with E-state index in [9.17, 15) is 9.90 Å². The number of aliphatic hydroxyl groups is 1. The number of aliphatic hydroxyl groups excluding tert-OH is 1. The van der Waals surface area contributed by atoms with Crippen molar-refractivity contribution in [1.29, 1.82) is 0 Å². The van der Waals surface area contributed by atoms with Crippen LogP contribution in [0, 0.1) is 13.8 Å². The lowest BCUT2D eigenvalue weighted by molar-refractivity contribution is -0.116. The van der Waals surface area contributed by atoms with Gasteiger partial charge in [0.05, 0.1) is 23.2 Å². The number of carbonyl (C=O) groups excluding carboxylic acids is 1. The quantitative estimate of drug-likeness (QED) is 0.220. The molecule has 0 saturated carbocycles. The van der Waals surface area contributed by atoms with Crippen LogP contribution in [0.1, 0.15) is 48.9 Å². The number of aryl methyl sites for hydroxylation is 2. The maximum atomic E-state index is 12.2. The van der Waals surface area contributed by atoms with Gasteiger partial charge < -0.3 is 15.3 Å². The zero-order chi connectivity index (χ0) is 27.9. The molecule has 6 nitrogen and oxygen atoms in total. The van der Waals surface area contributed by atoms with E-state index in [1.54, 1.807) is 0 Å². The molecule has 1 aliphatic rings. The third kappa shape index (κ3) is 6.93.